The summed E-state index contributed by atoms with van der Waals surface area (Å²) in [7, 11) is 0. The van der Waals surface area contributed by atoms with E-state index < -0.39 is 0 Å². The Morgan fingerprint density at radius 3 is 2.58 bits per heavy atom. The van der Waals surface area contributed by atoms with E-state index in [2.05, 4.69) is 18.2 Å². The maximum atomic E-state index is 14.2. The Labute approximate surface area is 195 Å². The van der Waals surface area contributed by atoms with Gasteiger partial charge >= 0.3 is 0 Å². The van der Waals surface area contributed by atoms with Crippen molar-refractivity contribution in [3.63, 3.8) is 0 Å². The van der Waals surface area contributed by atoms with E-state index >= 15 is 0 Å². The molecule has 1 saturated heterocycles. The van der Waals surface area contributed by atoms with E-state index in [0.29, 0.717) is 23.7 Å². The van der Waals surface area contributed by atoms with Gasteiger partial charge in [0, 0.05) is 5.41 Å². The molecule has 0 spiro atoms. The lowest BCUT2D eigenvalue weighted by Gasteiger charge is -2.43. The summed E-state index contributed by atoms with van der Waals surface area (Å²) < 4.78 is 0. The molecule has 0 N–H and O–H groups in total. The summed E-state index contributed by atoms with van der Waals surface area (Å²) in [5.74, 6) is 2.29. The maximum absolute atomic E-state index is 14.2. The number of fused-ring (bicyclic) bond motifs is 11. The molecular weight excluding hydrogens is 406 g/mol. The first-order valence-corrected chi connectivity index (χ1v) is 13.2. The van der Waals surface area contributed by atoms with Crippen molar-refractivity contribution in [1.29, 1.82) is 0 Å². The number of para-hydroxylation sites is 1. The number of nitrogens with zero attached hydrogens (tertiary/aromatic N) is 1. The maximum Gasteiger partial charge on any atom is 0.238 e. The van der Waals surface area contributed by atoms with Gasteiger partial charge < -0.3 is 0 Å². The molecule has 33 heavy (non-hydrogen) atoms. The van der Waals surface area contributed by atoms with Crippen LogP contribution >= 0.6 is 0 Å². The van der Waals surface area contributed by atoms with Crippen molar-refractivity contribution in [3.05, 3.63) is 65.3 Å². The molecule has 1 aromatic carbocycles. The molecule has 7 aliphatic rings. The summed E-state index contributed by atoms with van der Waals surface area (Å²) in [5, 5.41) is 0. The molecule has 0 unspecified atom stereocenters. The van der Waals surface area contributed by atoms with Gasteiger partial charge in [-0.1, -0.05) is 53.1 Å². The number of anilines is 1. The van der Waals surface area contributed by atoms with Crippen molar-refractivity contribution >= 4 is 17.5 Å². The molecule has 168 valence electrons. The molecule has 1 aliphatic heterocycles. The summed E-state index contributed by atoms with van der Waals surface area (Å²) in [6, 6.07) is 9.70. The van der Waals surface area contributed by atoms with Crippen molar-refractivity contribution in [3.8, 4) is 0 Å². The van der Waals surface area contributed by atoms with Gasteiger partial charge in [-0.25, -0.2) is 0 Å². The van der Waals surface area contributed by atoms with Gasteiger partial charge in [0.25, 0.3) is 0 Å². The zero-order chi connectivity index (χ0) is 21.9. The molecule has 2 bridgehead atoms. The largest absolute Gasteiger partial charge is 0.274 e. The second-order valence-electron chi connectivity index (χ2n) is 11.8. The van der Waals surface area contributed by atoms with Gasteiger partial charge in [-0.15, -0.1) is 0 Å². The van der Waals surface area contributed by atoms with E-state index in [1.807, 2.05) is 30.3 Å². The molecule has 2 amide bonds. The molecule has 0 radical (unpaired) electrons. The monoisotopic (exact) mass is 437 g/mol. The van der Waals surface area contributed by atoms with Gasteiger partial charge in [-0.05, 0) is 93.1 Å². The van der Waals surface area contributed by atoms with Crippen molar-refractivity contribution in [2.24, 2.45) is 46.8 Å². The average molecular weight is 438 g/mol. The highest BCUT2D eigenvalue weighted by Gasteiger charge is 2.69. The van der Waals surface area contributed by atoms with Crippen molar-refractivity contribution in [2.45, 2.75) is 51.4 Å². The normalized spacial score (nSPS) is 44.4. The lowest BCUT2D eigenvalue weighted by atomic mass is 9.58. The van der Waals surface area contributed by atoms with Crippen molar-refractivity contribution < 1.29 is 9.59 Å². The third kappa shape index (κ3) is 2.18. The van der Waals surface area contributed by atoms with Crippen LogP contribution in [0, 0.1) is 46.8 Å². The number of carbonyl (C=O) groups excluding carboxylic acids is 2. The molecule has 8 atom stereocenters. The van der Waals surface area contributed by atoms with Gasteiger partial charge in [0.1, 0.15) is 0 Å². The zero-order valence-electron chi connectivity index (χ0n) is 19.1. The number of hydrogen-bond acceptors (Lipinski definition) is 2. The molecule has 4 fully saturated rings. The van der Waals surface area contributed by atoms with Crippen LogP contribution in [0.15, 0.2) is 65.3 Å². The van der Waals surface area contributed by atoms with Crippen LogP contribution in [0.5, 0.6) is 0 Å². The lowest BCUT2D eigenvalue weighted by molar-refractivity contribution is -0.123. The molecule has 3 nitrogen and oxygen atoms in total. The standard InChI is InChI=1S/C30H31NO2/c32-28-25-21-12-6-11-20(21)23-15-22-17-13-14-30(16-17,18-7-4-5-8-18)27(22)24(23)26(25)29(33)31(28)19-9-2-1-3-10-19/h1-3,7,9-10,13-14,17,21-22,24-27H,4-6,8,11-12,15-16H2/t17-,21+,22-,24-,25-,26+,27+,30+/m1/s1. The van der Waals surface area contributed by atoms with E-state index in [9.17, 15) is 9.59 Å². The Balaban J connectivity index is 1.30. The summed E-state index contributed by atoms with van der Waals surface area (Å²) in [4.78, 5) is 29.7. The van der Waals surface area contributed by atoms with Gasteiger partial charge in [0.05, 0.1) is 17.5 Å². The van der Waals surface area contributed by atoms with Crippen LogP contribution < -0.4 is 4.90 Å². The quantitative estimate of drug-likeness (QED) is 0.430. The first kappa shape index (κ1) is 18.9. The SMILES string of the molecule is O=C1[C@H]2[C@H]3C(=C4CCC[C@@H]4[C@H]2C(=O)N1c1ccccc1)C[C@H]1[C@@H]3[C@@]2(C3=CCCC3)C=C[C@@H]1C2. The van der Waals surface area contributed by atoms with E-state index in [1.165, 1.54) is 38.5 Å². The average Bonchev–Trinajstić information content (AvgIpc) is 3.64. The smallest absolute Gasteiger partial charge is 0.238 e. The van der Waals surface area contributed by atoms with Crippen LogP contribution in [0.4, 0.5) is 5.69 Å². The topological polar surface area (TPSA) is 37.4 Å². The van der Waals surface area contributed by atoms with Crippen LogP contribution in [-0.2, 0) is 9.59 Å². The van der Waals surface area contributed by atoms with E-state index in [-0.39, 0.29) is 35.0 Å². The minimum Gasteiger partial charge on any atom is -0.274 e. The molecule has 6 aliphatic carbocycles. The minimum absolute atomic E-state index is 0.0796. The molecule has 3 saturated carbocycles. The Bertz CT molecular complexity index is 1170. The Kier molecular flexibility index (Phi) is 3.66. The number of hydrogen-bond donors (Lipinski definition) is 0. The Morgan fingerprint density at radius 1 is 0.909 bits per heavy atom. The predicted octanol–water partition coefficient (Wildman–Crippen LogP) is 5.84. The summed E-state index contributed by atoms with van der Waals surface area (Å²) in [6.45, 7) is 0. The predicted molar refractivity (Wildman–Crippen MR) is 127 cm³/mol. The highest BCUT2D eigenvalue weighted by molar-refractivity contribution is 6.22. The molecular formula is C30H31NO2. The second-order valence-corrected chi connectivity index (χ2v) is 11.8. The lowest BCUT2D eigenvalue weighted by Crippen LogP contribution is -2.42. The van der Waals surface area contributed by atoms with Crippen molar-refractivity contribution in [1.82, 2.24) is 0 Å². The van der Waals surface area contributed by atoms with Crippen LogP contribution in [-0.4, -0.2) is 11.8 Å². The van der Waals surface area contributed by atoms with Crippen LogP contribution in [0.3, 0.4) is 0 Å². The number of allylic oxidation sites excluding steroid dienone is 6. The highest BCUT2D eigenvalue weighted by Crippen LogP contribution is 2.73. The van der Waals surface area contributed by atoms with Gasteiger partial charge in [-0.2, -0.15) is 0 Å². The van der Waals surface area contributed by atoms with E-state index in [4.69, 9.17) is 0 Å². The first-order valence-electron chi connectivity index (χ1n) is 13.2. The molecule has 1 aromatic rings. The van der Waals surface area contributed by atoms with E-state index in [0.717, 1.165) is 18.5 Å². The fourth-order valence-corrected chi connectivity index (χ4v) is 9.83. The Hall–Kier alpha value is -2.42. The van der Waals surface area contributed by atoms with Crippen LogP contribution in [0.2, 0.25) is 0 Å². The molecule has 0 aromatic heterocycles. The van der Waals surface area contributed by atoms with Gasteiger partial charge in [-0.3, -0.25) is 14.5 Å². The second kappa shape index (κ2) is 6.37. The van der Waals surface area contributed by atoms with Crippen LogP contribution in [0.1, 0.15) is 51.4 Å². The fraction of sp³-hybridized carbons (Fsp3) is 0.533. The molecule has 8 rings (SSSR count). The third-order valence-electron chi connectivity index (χ3n) is 10.8. The minimum atomic E-state index is -0.152. The summed E-state index contributed by atoms with van der Waals surface area (Å²) in [5.41, 5.74) is 5.79. The van der Waals surface area contributed by atoms with E-state index in [1.54, 1.807) is 21.6 Å². The Morgan fingerprint density at radius 2 is 1.76 bits per heavy atom. The highest BCUT2D eigenvalue weighted by atomic mass is 16.2. The van der Waals surface area contributed by atoms with Gasteiger partial charge in [0.15, 0.2) is 0 Å². The van der Waals surface area contributed by atoms with Gasteiger partial charge in [0.2, 0.25) is 11.8 Å². The summed E-state index contributed by atoms with van der Waals surface area (Å²) in [6.07, 6.45) is 17.1. The zero-order valence-corrected chi connectivity index (χ0v) is 19.1. The fourth-order valence-electron chi connectivity index (χ4n) is 9.83. The van der Waals surface area contributed by atoms with Crippen LogP contribution in [0.25, 0.3) is 0 Å². The third-order valence-corrected chi connectivity index (χ3v) is 10.8. The molecule has 1 heterocycles. The van der Waals surface area contributed by atoms with Crippen molar-refractivity contribution in [2.75, 3.05) is 4.90 Å². The number of carbonyl (C=O) groups is 2. The first-order chi connectivity index (χ1) is 16.2. The summed E-state index contributed by atoms with van der Waals surface area (Å²) >= 11 is 0. The molecule has 3 heteroatoms. The number of amides is 2. The number of rotatable bonds is 2. The number of benzene rings is 1. The number of imide groups is 1.